The van der Waals surface area contributed by atoms with E-state index in [0.717, 1.165) is 5.57 Å². The molecule has 1 unspecified atom stereocenters. The van der Waals surface area contributed by atoms with Crippen LogP contribution in [-0.4, -0.2) is 19.4 Å². The van der Waals surface area contributed by atoms with Crippen LogP contribution in [-0.2, 0) is 9.09 Å². The molecule has 0 aliphatic carbocycles. The summed E-state index contributed by atoms with van der Waals surface area (Å²) in [6.45, 7) is 0. The maximum atomic E-state index is 11.4. The van der Waals surface area contributed by atoms with Gasteiger partial charge in [0.15, 0.2) is 0 Å². The molecule has 0 spiro atoms. The van der Waals surface area contributed by atoms with Crippen molar-refractivity contribution in [1.82, 2.24) is 0 Å². The van der Waals surface area contributed by atoms with Crippen molar-refractivity contribution in [2.24, 2.45) is 0 Å². The van der Waals surface area contributed by atoms with E-state index in [-0.39, 0.29) is 0 Å². The van der Waals surface area contributed by atoms with Gasteiger partial charge in [-0.2, -0.15) is 0 Å². The van der Waals surface area contributed by atoms with Gasteiger partial charge >= 0.3 is 0 Å². The molecule has 10 heavy (non-hydrogen) atoms. The first kappa shape index (κ1) is 7.60. The SMILES string of the molecule is C#CC1=CCP(=O)(OC)C1. The van der Waals surface area contributed by atoms with Crippen molar-refractivity contribution in [2.45, 2.75) is 0 Å². The average molecular weight is 156 g/mol. The molecule has 1 aliphatic heterocycles. The summed E-state index contributed by atoms with van der Waals surface area (Å²) in [5.74, 6) is 2.46. The lowest BCUT2D eigenvalue weighted by Gasteiger charge is -2.06. The monoisotopic (exact) mass is 156 g/mol. The van der Waals surface area contributed by atoms with E-state index in [1.54, 1.807) is 0 Å². The fraction of sp³-hybridized carbons (Fsp3) is 0.429. The van der Waals surface area contributed by atoms with E-state index in [9.17, 15) is 4.57 Å². The van der Waals surface area contributed by atoms with Gasteiger partial charge in [-0.15, -0.1) is 6.42 Å². The minimum Gasteiger partial charge on any atom is -0.331 e. The van der Waals surface area contributed by atoms with Gasteiger partial charge in [0.2, 0.25) is 7.37 Å². The van der Waals surface area contributed by atoms with Crippen molar-refractivity contribution in [3.63, 3.8) is 0 Å². The lowest BCUT2D eigenvalue weighted by Crippen LogP contribution is -1.88. The second kappa shape index (κ2) is 2.62. The van der Waals surface area contributed by atoms with Gasteiger partial charge in [0.1, 0.15) is 0 Å². The Hall–Kier alpha value is -0.510. The van der Waals surface area contributed by atoms with E-state index in [2.05, 4.69) is 5.92 Å². The maximum Gasteiger partial charge on any atom is 0.211 e. The summed E-state index contributed by atoms with van der Waals surface area (Å²) < 4.78 is 16.2. The van der Waals surface area contributed by atoms with Crippen LogP contribution in [0.15, 0.2) is 11.6 Å². The van der Waals surface area contributed by atoms with Gasteiger partial charge in [-0.05, 0) is 0 Å². The van der Waals surface area contributed by atoms with Crippen molar-refractivity contribution in [2.75, 3.05) is 19.4 Å². The van der Waals surface area contributed by atoms with Crippen LogP contribution >= 0.6 is 7.37 Å². The van der Waals surface area contributed by atoms with E-state index < -0.39 is 7.37 Å². The normalized spacial score (nSPS) is 31.4. The van der Waals surface area contributed by atoms with Crippen LogP contribution in [0.1, 0.15) is 0 Å². The summed E-state index contributed by atoms with van der Waals surface area (Å²) in [5.41, 5.74) is 0.810. The third-order valence-corrected chi connectivity index (χ3v) is 3.77. The highest BCUT2D eigenvalue weighted by molar-refractivity contribution is 7.59. The highest BCUT2D eigenvalue weighted by atomic mass is 31.2. The molecule has 2 nitrogen and oxygen atoms in total. The smallest absolute Gasteiger partial charge is 0.211 e. The summed E-state index contributed by atoms with van der Waals surface area (Å²) in [6, 6.07) is 0. The number of rotatable bonds is 1. The molecule has 1 heterocycles. The highest BCUT2D eigenvalue weighted by Crippen LogP contribution is 2.51. The summed E-state index contributed by atoms with van der Waals surface area (Å²) >= 11 is 0. The zero-order valence-electron chi connectivity index (χ0n) is 5.83. The third-order valence-electron chi connectivity index (χ3n) is 1.55. The Balaban J connectivity index is 2.70. The minimum absolute atomic E-state index is 0.444. The molecular weight excluding hydrogens is 147 g/mol. The van der Waals surface area contributed by atoms with Crippen molar-refractivity contribution < 1.29 is 9.09 Å². The maximum absolute atomic E-state index is 11.4. The predicted molar refractivity (Wildman–Crippen MR) is 41.3 cm³/mol. The van der Waals surface area contributed by atoms with Gasteiger partial charge in [-0.3, -0.25) is 4.57 Å². The molecule has 0 saturated heterocycles. The fourth-order valence-electron chi connectivity index (χ4n) is 0.882. The standard InChI is InChI=1S/C7H9O2P/c1-3-7-4-5-10(8,6-7)9-2/h1,4H,5-6H2,2H3. The van der Waals surface area contributed by atoms with Gasteiger partial charge in [0.05, 0.1) is 6.16 Å². The quantitative estimate of drug-likeness (QED) is 0.424. The Bertz CT molecular complexity index is 247. The Kier molecular flexibility index (Phi) is 1.99. The second-order valence-electron chi connectivity index (χ2n) is 2.21. The Morgan fingerprint density at radius 2 is 2.60 bits per heavy atom. The van der Waals surface area contributed by atoms with E-state index in [4.69, 9.17) is 10.9 Å². The molecule has 1 aliphatic rings. The lowest BCUT2D eigenvalue weighted by atomic mass is 10.3. The third kappa shape index (κ3) is 1.31. The van der Waals surface area contributed by atoms with Crippen LogP contribution < -0.4 is 0 Å². The van der Waals surface area contributed by atoms with Crippen LogP contribution in [0.4, 0.5) is 0 Å². The first-order chi connectivity index (χ1) is 4.70. The van der Waals surface area contributed by atoms with Crippen LogP contribution in [0.2, 0.25) is 0 Å². The van der Waals surface area contributed by atoms with Crippen LogP contribution in [0.5, 0.6) is 0 Å². The van der Waals surface area contributed by atoms with Crippen LogP contribution in [0, 0.1) is 12.3 Å². The highest BCUT2D eigenvalue weighted by Gasteiger charge is 2.26. The first-order valence-electron chi connectivity index (χ1n) is 3.00. The van der Waals surface area contributed by atoms with Gasteiger partial charge in [-0.25, -0.2) is 0 Å². The number of hydrogen-bond donors (Lipinski definition) is 0. The molecule has 0 amide bonds. The van der Waals surface area contributed by atoms with Crippen molar-refractivity contribution >= 4 is 7.37 Å². The van der Waals surface area contributed by atoms with Crippen molar-refractivity contribution in [3.8, 4) is 12.3 Å². The van der Waals surface area contributed by atoms with E-state index in [1.165, 1.54) is 7.11 Å². The molecule has 1 atom stereocenters. The molecule has 0 aromatic carbocycles. The molecule has 0 fully saturated rings. The van der Waals surface area contributed by atoms with Crippen LogP contribution in [0.25, 0.3) is 0 Å². The molecule has 1 rings (SSSR count). The lowest BCUT2D eigenvalue weighted by molar-refractivity contribution is 0.400. The first-order valence-corrected chi connectivity index (χ1v) is 4.99. The zero-order chi connectivity index (χ0) is 7.61. The number of hydrogen-bond acceptors (Lipinski definition) is 2. The summed E-state index contributed by atoms with van der Waals surface area (Å²) in [4.78, 5) is 0. The minimum atomic E-state index is -2.36. The number of allylic oxidation sites excluding steroid dienone is 2. The summed E-state index contributed by atoms with van der Waals surface area (Å²) in [6.07, 6.45) is 7.87. The molecule has 0 radical (unpaired) electrons. The predicted octanol–water partition coefficient (Wildman–Crippen LogP) is 1.48. The van der Waals surface area contributed by atoms with Gasteiger partial charge < -0.3 is 4.52 Å². The molecule has 54 valence electrons. The van der Waals surface area contributed by atoms with Gasteiger partial charge in [0.25, 0.3) is 0 Å². The molecule has 3 heteroatoms. The Morgan fingerprint density at radius 1 is 1.90 bits per heavy atom. The summed E-state index contributed by atoms with van der Waals surface area (Å²) in [5, 5.41) is 0. The van der Waals surface area contributed by atoms with Crippen LogP contribution in [0.3, 0.4) is 0 Å². The van der Waals surface area contributed by atoms with E-state index in [1.807, 2.05) is 6.08 Å². The molecule has 0 aromatic rings. The zero-order valence-corrected chi connectivity index (χ0v) is 6.73. The Morgan fingerprint density at radius 3 is 2.90 bits per heavy atom. The van der Waals surface area contributed by atoms with E-state index in [0.29, 0.717) is 12.3 Å². The number of terminal acetylenes is 1. The fourth-order valence-corrected chi connectivity index (χ4v) is 2.53. The summed E-state index contributed by atoms with van der Waals surface area (Å²) in [7, 11) is -0.892. The molecular formula is C7H9O2P. The molecule has 0 bridgehead atoms. The Labute approximate surface area is 60.7 Å². The average Bonchev–Trinajstić information content (AvgIpc) is 2.33. The largest absolute Gasteiger partial charge is 0.331 e. The van der Waals surface area contributed by atoms with Gasteiger partial charge in [-0.1, -0.05) is 12.0 Å². The molecule has 0 saturated carbocycles. The van der Waals surface area contributed by atoms with Crippen molar-refractivity contribution in [1.29, 1.82) is 0 Å². The van der Waals surface area contributed by atoms with Crippen molar-refractivity contribution in [3.05, 3.63) is 11.6 Å². The van der Waals surface area contributed by atoms with E-state index >= 15 is 0 Å². The topological polar surface area (TPSA) is 26.3 Å². The van der Waals surface area contributed by atoms with Gasteiger partial charge in [0, 0.05) is 18.8 Å². The molecule has 0 N–H and O–H groups in total. The second-order valence-corrected chi connectivity index (χ2v) is 4.89. The molecule has 0 aromatic heterocycles.